The number of nitrogens with one attached hydrogen (secondary N) is 2. The number of ether oxygens (including phenoxy) is 1. The molecule has 0 heterocycles. The molecule has 1 aliphatic rings. The van der Waals surface area contributed by atoms with Crippen molar-refractivity contribution < 1.29 is 8.95 Å². The van der Waals surface area contributed by atoms with Gasteiger partial charge in [0.1, 0.15) is 12.4 Å². The molecule has 0 aromatic heterocycles. The van der Waals surface area contributed by atoms with Crippen molar-refractivity contribution in [3.05, 3.63) is 29.8 Å². The summed E-state index contributed by atoms with van der Waals surface area (Å²) in [5.41, 5.74) is 1.19. The first kappa shape index (κ1) is 23.2. The van der Waals surface area contributed by atoms with Crippen molar-refractivity contribution in [1.82, 2.24) is 10.6 Å². The molecule has 2 N–H and O–H groups in total. The third kappa shape index (κ3) is 7.82. The Balaban J connectivity index is 0.00000338. The fraction of sp³-hybridized carbons (Fsp3) is 0.632. The SMILES string of the molecule is CCS(=O)C1CCCC(NC(=NC)NCCOc2cccc(C)c2)C1.I. The summed E-state index contributed by atoms with van der Waals surface area (Å²) in [7, 11) is 1.08. The summed E-state index contributed by atoms with van der Waals surface area (Å²) < 4.78 is 17.8. The average molecular weight is 493 g/mol. The minimum Gasteiger partial charge on any atom is -0.492 e. The van der Waals surface area contributed by atoms with E-state index in [0.29, 0.717) is 24.4 Å². The summed E-state index contributed by atoms with van der Waals surface area (Å²) in [6.45, 7) is 5.32. The van der Waals surface area contributed by atoms with Crippen LogP contribution >= 0.6 is 24.0 Å². The summed E-state index contributed by atoms with van der Waals surface area (Å²) in [6, 6.07) is 8.40. The molecule has 0 amide bonds. The van der Waals surface area contributed by atoms with Gasteiger partial charge in [-0.2, -0.15) is 0 Å². The Bertz CT molecular complexity index is 598. The molecule has 0 spiro atoms. The molecule has 3 atom stereocenters. The van der Waals surface area contributed by atoms with E-state index in [4.69, 9.17) is 4.74 Å². The van der Waals surface area contributed by atoms with E-state index < -0.39 is 10.8 Å². The van der Waals surface area contributed by atoms with Crippen molar-refractivity contribution in [3.63, 3.8) is 0 Å². The van der Waals surface area contributed by atoms with Crippen LogP contribution in [0.25, 0.3) is 0 Å². The molecular weight excluding hydrogens is 461 g/mol. The molecular formula is C19H32IN3O2S. The summed E-state index contributed by atoms with van der Waals surface area (Å²) >= 11 is 0. The Labute approximate surface area is 177 Å². The zero-order valence-electron chi connectivity index (χ0n) is 16.0. The Kier molecular flexibility index (Phi) is 11.2. The molecule has 1 fully saturated rings. The lowest BCUT2D eigenvalue weighted by atomic mass is 9.95. The van der Waals surface area contributed by atoms with Gasteiger partial charge < -0.3 is 15.4 Å². The molecule has 0 bridgehead atoms. The normalized spacial score (nSPS) is 21.4. The number of hydrogen-bond donors (Lipinski definition) is 2. The van der Waals surface area contributed by atoms with Crippen LogP contribution in [0.3, 0.4) is 0 Å². The first-order valence-electron chi connectivity index (χ1n) is 9.16. The van der Waals surface area contributed by atoms with Crippen LogP contribution < -0.4 is 15.4 Å². The monoisotopic (exact) mass is 493 g/mol. The maximum atomic E-state index is 12.1. The predicted octanol–water partition coefficient (Wildman–Crippen LogP) is 3.24. The maximum Gasteiger partial charge on any atom is 0.191 e. The van der Waals surface area contributed by atoms with Crippen LogP contribution in [0.1, 0.15) is 38.2 Å². The van der Waals surface area contributed by atoms with Gasteiger partial charge in [0.25, 0.3) is 0 Å². The van der Waals surface area contributed by atoms with Crippen molar-refractivity contribution in [2.24, 2.45) is 4.99 Å². The van der Waals surface area contributed by atoms with Crippen LogP contribution in [0.4, 0.5) is 0 Å². The van der Waals surface area contributed by atoms with Gasteiger partial charge in [0.15, 0.2) is 5.96 Å². The molecule has 0 saturated heterocycles. The van der Waals surface area contributed by atoms with E-state index in [-0.39, 0.29) is 24.0 Å². The first-order valence-corrected chi connectivity index (χ1v) is 10.5. The lowest BCUT2D eigenvalue weighted by molar-refractivity contribution is 0.321. The number of aliphatic imine (C=N–C) groups is 1. The van der Waals surface area contributed by atoms with Crippen molar-refractivity contribution in [3.8, 4) is 5.75 Å². The number of hydrogen-bond acceptors (Lipinski definition) is 3. The second-order valence-corrected chi connectivity index (χ2v) is 8.47. The molecule has 1 aliphatic carbocycles. The number of nitrogens with zero attached hydrogens (tertiary/aromatic N) is 1. The van der Waals surface area contributed by atoms with Gasteiger partial charge in [0.05, 0.1) is 6.54 Å². The van der Waals surface area contributed by atoms with Gasteiger partial charge in [0.2, 0.25) is 0 Å². The first-order chi connectivity index (χ1) is 12.1. The molecule has 7 heteroatoms. The number of halogens is 1. The molecule has 0 aliphatic heterocycles. The second-order valence-electron chi connectivity index (χ2n) is 6.46. The average Bonchev–Trinajstić information content (AvgIpc) is 2.63. The van der Waals surface area contributed by atoms with Gasteiger partial charge in [-0.15, -0.1) is 24.0 Å². The zero-order valence-corrected chi connectivity index (χ0v) is 19.1. The fourth-order valence-electron chi connectivity index (χ4n) is 3.18. The Morgan fingerprint density at radius 3 is 2.88 bits per heavy atom. The maximum absolute atomic E-state index is 12.1. The molecule has 3 unspecified atom stereocenters. The number of guanidine groups is 1. The lowest BCUT2D eigenvalue weighted by Crippen LogP contribution is -2.47. The van der Waals surface area contributed by atoms with Gasteiger partial charge in [-0.1, -0.05) is 25.5 Å². The minimum atomic E-state index is -0.701. The predicted molar refractivity (Wildman–Crippen MR) is 121 cm³/mol. The van der Waals surface area contributed by atoms with E-state index in [2.05, 4.69) is 28.6 Å². The van der Waals surface area contributed by atoms with Gasteiger partial charge >= 0.3 is 0 Å². The summed E-state index contributed by atoms with van der Waals surface area (Å²) in [6.07, 6.45) is 4.27. The lowest BCUT2D eigenvalue weighted by Gasteiger charge is -2.30. The van der Waals surface area contributed by atoms with Crippen LogP contribution in [-0.2, 0) is 10.8 Å². The molecule has 1 aromatic carbocycles. The second kappa shape index (κ2) is 12.5. The van der Waals surface area contributed by atoms with Crippen molar-refractivity contribution in [2.45, 2.75) is 50.8 Å². The van der Waals surface area contributed by atoms with Gasteiger partial charge in [-0.05, 0) is 43.9 Å². The van der Waals surface area contributed by atoms with Crippen LogP contribution in [0.2, 0.25) is 0 Å². The number of rotatable bonds is 7. The van der Waals surface area contributed by atoms with Gasteiger partial charge in [0, 0.05) is 34.9 Å². The van der Waals surface area contributed by atoms with Crippen LogP contribution in [0.5, 0.6) is 5.75 Å². The van der Waals surface area contributed by atoms with Crippen LogP contribution in [0, 0.1) is 6.92 Å². The van der Waals surface area contributed by atoms with Crippen molar-refractivity contribution >= 4 is 40.7 Å². The van der Waals surface area contributed by atoms with Crippen molar-refractivity contribution in [1.29, 1.82) is 0 Å². The molecule has 148 valence electrons. The van der Waals surface area contributed by atoms with Crippen LogP contribution in [-0.4, -0.2) is 47.4 Å². The smallest absolute Gasteiger partial charge is 0.191 e. The van der Waals surface area contributed by atoms with E-state index in [1.165, 1.54) is 5.56 Å². The summed E-state index contributed by atoms with van der Waals surface area (Å²) in [5.74, 6) is 2.43. The third-order valence-corrected chi connectivity index (χ3v) is 6.24. The fourth-order valence-corrected chi connectivity index (χ4v) is 4.53. The largest absolute Gasteiger partial charge is 0.492 e. The Hall–Kier alpha value is -0.830. The van der Waals surface area contributed by atoms with Crippen molar-refractivity contribution in [2.75, 3.05) is 26.0 Å². The van der Waals surface area contributed by atoms with E-state index >= 15 is 0 Å². The molecule has 1 aromatic rings. The van der Waals surface area contributed by atoms with E-state index in [9.17, 15) is 4.21 Å². The highest BCUT2D eigenvalue weighted by molar-refractivity contribution is 14.0. The molecule has 26 heavy (non-hydrogen) atoms. The molecule has 2 rings (SSSR count). The highest BCUT2D eigenvalue weighted by atomic mass is 127. The van der Waals surface area contributed by atoms with Gasteiger partial charge in [-0.25, -0.2) is 0 Å². The van der Waals surface area contributed by atoms with Gasteiger partial charge in [-0.3, -0.25) is 9.20 Å². The topological polar surface area (TPSA) is 62.7 Å². The third-order valence-electron chi connectivity index (χ3n) is 4.50. The van der Waals surface area contributed by atoms with E-state index in [1.54, 1.807) is 7.05 Å². The highest BCUT2D eigenvalue weighted by Gasteiger charge is 2.25. The molecule has 5 nitrogen and oxygen atoms in total. The standard InChI is InChI=1S/C19H31N3O2S.HI/c1-4-25(23)18-10-6-8-16(14-18)22-19(20-3)21-11-12-24-17-9-5-7-15(2)13-17;/h5,7,9,13,16,18H,4,6,8,10-12,14H2,1-3H3,(H2,20,21,22);1H. The number of aryl methyl sites for hydroxylation is 1. The summed E-state index contributed by atoms with van der Waals surface area (Å²) in [4.78, 5) is 4.29. The van der Waals surface area contributed by atoms with E-state index in [0.717, 1.165) is 43.1 Å². The van der Waals surface area contributed by atoms with E-state index in [1.807, 2.05) is 25.1 Å². The highest BCUT2D eigenvalue weighted by Crippen LogP contribution is 2.22. The summed E-state index contributed by atoms with van der Waals surface area (Å²) in [5, 5.41) is 7.09. The number of benzene rings is 1. The van der Waals surface area contributed by atoms with Crippen LogP contribution in [0.15, 0.2) is 29.3 Å². The molecule has 0 radical (unpaired) electrons. The molecule has 1 saturated carbocycles. The Morgan fingerprint density at radius 2 is 2.19 bits per heavy atom. The Morgan fingerprint density at radius 1 is 1.38 bits per heavy atom. The zero-order chi connectivity index (χ0) is 18.1. The quantitative estimate of drug-likeness (QED) is 0.265. The minimum absolute atomic E-state index is 0.